The third-order valence-corrected chi connectivity index (χ3v) is 2.31. The molecule has 6 heteroatoms. The second kappa shape index (κ2) is 5.06. The molecule has 0 saturated heterocycles. The molecule has 1 aromatic carbocycles. The Morgan fingerprint density at radius 1 is 1.60 bits per heavy atom. The van der Waals surface area contributed by atoms with Crippen molar-refractivity contribution >= 4 is 17.3 Å². The van der Waals surface area contributed by atoms with Gasteiger partial charge in [-0.2, -0.15) is 0 Å². The average molecular weight is 231 g/mol. The third-order valence-electron chi connectivity index (χ3n) is 1.99. The molecule has 0 aliphatic rings. The van der Waals surface area contributed by atoms with E-state index < -0.39 is 11.0 Å². The van der Waals surface area contributed by atoms with Crippen molar-refractivity contribution in [2.45, 2.75) is 12.5 Å². The number of aliphatic hydroxyl groups is 1. The first-order valence-corrected chi connectivity index (χ1v) is 4.76. The fraction of sp³-hybridized carbons (Fsp3) is 0.333. The van der Waals surface area contributed by atoms with E-state index in [2.05, 4.69) is 0 Å². The highest BCUT2D eigenvalue weighted by Crippen LogP contribution is 2.28. The van der Waals surface area contributed by atoms with E-state index in [4.69, 9.17) is 17.3 Å². The topological polar surface area (TPSA) is 89.4 Å². The molecule has 15 heavy (non-hydrogen) atoms. The number of hydrogen-bond acceptors (Lipinski definition) is 4. The Morgan fingerprint density at radius 2 is 2.27 bits per heavy atom. The van der Waals surface area contributed by atoms with Crippen molar-refractivity contribution in [1.82, 2.24) is 0 Å². The molecule has 1 rings (SSSR count). The summed E-state index contributed by atoms with van der Waals surface area (Å²) in [4.78, 5) is 9.99. The number of halogens is 1. The van der Waals surface area contributed by atoms with Gasteiger partial charge in [0.15, 0.2) is 0 Å². The van der Waals surface area contributed by atoms with Gasteiger partial charge in [-0.25, -0.2) is 0 Å². The van der Waals surface area contributed by atoms with E-state index in [1.165, 1.54) is 12.1 Å². The fourth-order valence-corrected chi connectivity index (χ4v) is 1.39. The molecule has 0 amide bonds. The van der Waals surface area contributed by atoms with Gasteiger partial charge < -0.3 is 10.8 Å². The molecule has 0 fully saturated rings. The predicted molar refractivity (Wildman–Crippen MR) is 56.7 cm³/mol. The summed E-state index contributed by atoms with van der Waals surface area (Å²) in [6.45, 7) is 0.317. The van der Waals surface area contributed by atoms with Crippen LogP contribution in [0.25, 0.3) is 0 Å². The molecule has 0 spiro atoms. The maximum Gasteiger partial charge on any atom is 0.288 e. The Kier molecular flexibility index (Phi) is 4.02. The van der Waals surface area contributed by atoms with E-state index in [9.17, 15) is 15.2 Å². The maximum atomic E-state index is 10.6. The van der Waals surface area contributed by atoms with Crippen molar-refractivity contribution in [1.29, 1.82) is 0 Å². The van der Waals surface area contributed by atoms with E-state index in [0.717, 1.165) is 0 Å². The minimum absolute atomic E-state index is 0.0590. The molecule has 0 aliphatic heterocycles. The number of aliphatic hydroxyl groups excluding tert-OH is 1. The van der Waals surface area contributed by atoms with E-state index in [-0.39, 0.29) is 10.7 Å². The first-order chi connectivity index (χ1) is 7.06. The summed E-state index contributed by atoms with van der Waals surface area (Å²) in [6, 6.07) is 4.22. The molecule has 0 bridgehead atoms. The van der Waals surface area contributed by atoms with Crippen molar-refractivity contribution in [2.75, 3.05) is 6.54 Å². The van der Waals surface area contributed by atoms with Crippen LogP contribution in [0.4, 0.5) is 5.69 Å². The lowest BCUT2D eigenvalue weighted by molar-refractivity contribution is -0.384. The van der Waals surface area contributed by atoms with Crippen LogP contribution in [0.2, 0.25) is 5.02 Å². The van der Waals surface area contributed by atoms with Gasteiger partial charge in [-0.3, -0.25) is 10.1 Å². The maximum absolute atomic E-state index is 10.6. The Hall–Kier alpha value is -1.17. The highest BCUT2D eigenvalue weighted by molar-refractivity contribution is 6.32. The minimum Gasteiger partial charge on any atom is -0.388 e. The van der Waals surface area contributed by atoms with Crippen LogP contribution in [-0.2, 0) is 0 Å². The number of rotatable bonds is 4. The van der Waals surface area contributed by atoms with Crippen LogP contribution >= 0.6 is 11.6 Å². The number of benzene rings is 1. The van der Waals surface area contributed by atoms with Crippen LogP contribution in [0.1, 0.15) is 18.1 Å². The molecule has 1 atom stereocenters. The molecule has 0 radical (unpaired) electrons. The Labute approximate surface area is 91.6 Å². The van der Waals surface area contributed by atoms with E-state index in [1.54, 1.807) is 6.07 Å². The molecular weight excluding hydrogens is 220 g/mol. The zero-order valence-electron chi connectivity index (χ0n) is 7.89. The second-order valence-corrected chi connectivity index (χ2v) is 3.47. The van der Waals surface area contributed by atoms with Crippen molar-refractivity contribution in [3.8, 4) is 0 Å². The van der Waals surface area contributed by atoms with E-state index in [0.29, 0.717) is 18.5 Å². The highest BCUT2D eigenvalue weighted by atomic mass is 35.5. The number of nitro benzene ring substituents is 1. The van der Waals surface area contributed by atoms with Gasteiger partial charge >= 0.3 is 0 Å². The summed E-state index contributed by atoms with van der Waals surface area (Å²) in [5, 5.41) is 20.2. The Bertz CT molecular complexity index is 370. The summed E-state index contributed by atoms with van der Waals surface area (Å²) in [6.07, 6.45) is -0.426. The normalized spacial score (nSPS) is 12.5. The first-order valence-electron chi connectivity index (χ1n) is 4.38. The average Bonchev–Trinajstić information content (AvgIpc) is 2.18. The molecule has 3 N–H and O–H groups in total. The summed E-state index contributed by atoms with van der Waals surface area (Å²) in [5.74, 6) is 0. The number of nitrogens with two attached hydrogens (primary N) is 1. The van der Waals surface area contributed by atoms with Gasteiger partial charge in [0.2, 0.25) is 0 Å². The van der Waals surface area contributed by atoms with Crippen molar-refractivity contribution in [3.63, 3.8) is 0 Å². The second-order valence-electron chi connectivity index (χ2n) is 3.06. The molecule has 0 saturated carbocycles. The van der Waals surface area contributed by atoms with Gasteiger partial charge in [-0.15, -0.1) is 0 Å². The molecule has 82 valence electrons. The highest BCUT2D eigenvalue weighted by Gasteiger charge is 2.15. The quantitative estimate of drug-likeness (QED) is 0.608. The molecule has 1 aromatic rings. The van der Waals surface area contributed by atoms with E-state index >= 15 is 0 Å². The largest absolute Gasteiger partial charge is 0.388 e. The summed E-state index contributed by atoms with van der Waals surface area (Å²) < 4.78 is 0. The molecule has 0 aliphatic carbocycles. The SMILES string of the molecule is NCC[C@@H](O)c1ccc(Cl)c([N+](=O)[O-])c1. The van der Waals surface area contributed by atoms with Gasteiger partial charge in [0.1, 0.15) is 5.02 Å². The lowest BCUT2D eigenvalue weighted by Gasteiger charge is -2.09. The summed E-state index contributed by atoms with van der Waals surface area (Å²) >= 11 is 5.62. The standard InChI is InChI=1S/C9H11ClN2O3/c10-7-2-1-6(9(13)3-4-11)5-8(7)12(14)15/h1-2,5,9,13H,3-4,11H2/t9-/m1/s1. The van der Waals surface area contributed by atoms with Crippen LogP contribution in [0, 0.1) is 10.1 Å². The Morgan fingerprint density at radius 3 is 2.80 bits per heavy atom. The zero-order chi connectivity index (χ0) is 11.4. The van der Waals surface area contributed by atoms with E-state index in [1.807, 2.05) is 0 Å². The molecular formula is C9H11ClN2O3. The lowest BCUT2D eigenvalue weighted by Crippen LogP contribution is -2.07. The molecule has 0 unspecified atom stereocenters. The third kappa shape index (κ3) is 2.89. The molecule has 5 nitrogen and oxygen atoms in total. The van der Waals surface area contributed by atoms with Crippen LogP contribution in [0.5, 0.6) is 0 Å². The van der Waals surface area contributed by atoms with Crippen molar-refractivity contribution < 1.29 is 10.0 Å². The Balaban J connectivity index is 3.02. The number of hydrogen-bond donors (Lipinski definition) is 2. The smallest absolute Gasteiger partial charge is 0.288 e. The predicted octanol–water partition coefficient (Wildman–Crippen LogP) is 1.63. The van der Waals surface area contributed by atoms with Gasteiger partial charge in [0.25, 0.3) is 5.69 Å². The number of nitro groups is 1. The van der Waals surface area contributed by atoms with Crippen LogP contribution in [0.15, 0.2) is 18.2 Å². The minimum atomic E-state index is -0.786. The van der Waals surface area contributed by atoms with Gasteiger partial charge in [-0.1, -0.05) is 17.7 Å². The van der Waals surface area contributed by atoms with Gasteiger partial charge in [0, 0.05) is 6.07 Å². The number of nitrogens with zero attached hydrogens (tertiary/aromatic N) is 1. The first kappa shape index (κ1) is 11.9. The summed E-state index contributed by atoms with van der Waals surface area (Å²) in [5.41, 5.74) is 5.53. The summed E-state index contributed by atoms with van der Waals surface area (Å²) in [7, 11) is 0. The van der Waals surface area contributed by atoms with Gasteiger partial charge in [0.05, 0.1) is 11.0 Å². The lowest BCUT2D eigenvalue weighted by atomic mass is 10.1. The van der Waals surface area contributed by atoms with Crippen LogP contribution < -0.4 is 5.73 Å². The fourth-order valence-electron chi connectivity index (χ4n) is 1.20. The molecule has 0 heterocycles. The van der Waals surface area contributed by atoms with Crippen molar-refractivity contribution in [3.05, 3.63) is 38.9 Å². The zero-order valence-corrected chi connectivity index (χ0v) is 8.65. The van der Waals surface area contributed by atoms with Crippen LogP contribution in [-0.4, -0.2) is 16.6 Å². The monoisotopic (exact) mass is 230 g/mol. The molecule has 0 aromatic heterocycles. The van der Waals surface area contributed by atoms with Crippen LogP contribution in [0.3, 0.4) is 0 Å². The van der Waals surface area contributed by atoms with Gasteiger partial charge in [-0.05, 0) is 24.6 Å². The van der Waals surface area contributed by atoms with Crippen molar-refractivity contribution in [2.24, 2.45) is 5.73 Å².